The Hall–Kier alpha value is -4.86. The number of rotatable bonds is 13. The van der Waals surface area contributed by atoms with Gasteiger partial charge in [0.15, 0.2) is 29.6 Å². The molecule has 1 heterocycles. The molecule has 0 bridgehead atoms. The Labute approximate surface area is 278 Å². The van der Waals surface area contributed by atoms with Gasteiger partial charge >= 0.3 is 12.0 Å². The highest BCUT2D eigenvalue weighted by atomic mass is 127. The van der Waals surface area contributed by atoms with E-state index in [1.807, 2.05) is 0 Å². The number of hydrogen-bond donors (Lipinski definition) is 3. The van der Waals surface area contributed by atoms with Crippen LogP contribution in [0.15, 0.2) is 71.0 Å². The van der Waals surface area contributed by atoms with Crippen LogP contribution in [0.4, 0.5) is 9.18 Å². The zero-order valence-electron chi connectivity index (χ0n) is 25.4. The lowest BCUT2D eigenvalue weighted by molar-refractivity contribution is -0.139. The predicted octanol–water partition coefficient (Wildman–Crippen LogP) is 4.75. The van der Waals surface area contributed by atoms with Crippen molar-refractivity contribution in [2.45, 2.75) is 26.5 Å². The highest BCUT2D eigenvalue weighted by Crippen LogP contribution is 2.35. The second-order valence-electron chi connectivity index (χ2n) is 9.70. The number of methoxy groups -OCH3 is 2. The number of esters is 1. The van der Waals surface area contributed by atoms with Gasteiger partial charge in [0, 0.05) is 11.3 Å². The van der Waals surface area contributed by atoms with E-state index in [1.165, 1.54) is 26.5 Å². The van der Waals surface area contributed by atoms with Crippen LogP contribution in [0.2, 0.25) is 0 Å². The molecule has 14 heteroatoms. The van der Waals surface area contributed by atoms with E-state index in [9.17, 15) is 18.8 Å². The number of ether oxygens (including phenoxy) is 5. The lowest BCUT2D eigenvalue weighted by Crippen LogP contribution is -2.45. The molecule has 0 unspecified atom stereocenters. The monoisotopic (exact) mass is 746 g/mol. The first-order valence-electron chi connectivity index (χ1n) is 14.0. The van der Waals surface area contributed by atoms with Gasteiger partial charge in [-0.15, -0.1) is 0 Å². The molecule has 0 fully saturated rings. The number of hydrogen-bond acceptors (Lipinski definition) is 9. The lowest BCUT2D eigenvalue weighted by atomic mass is 9.95. The molecule has 0 saturated heterocycles. The number of halogens is 2. The molecule has 0 aliphatic carbocycles. The van der Waals surface area contributed by atoms with Gasteiger partial charge in [-0.3, -0.25) is 4.79 Å². The maximum absolute atomic E-state index is 14.0. The first-order chi connectivity index (χ1) is 22.1. The number of benzene rings is 3. The summed E-state index contributed by atoms with van der Waals surface area (Å²) >= 11 is 2.08. The SMILES string of the molecule is CCOC(=O)C1=C(C)NC(=O)N[C@@H]1c1ccc(OCC(=O)N/N=C\c2cc(I)c(OCc3ccccc3F)c(OC)c2)c(OC)c1. The molecule has 0 aromatic heterocycles. The van der Waals surface area contributed by atoms with Gasteiger partial charge in [-0.1, -0.05) is 24.3 Å². The van der Waals surface area contributed by atoms with Crippen molar-refractivity contribution in [3.63, 3.8) is 0 Å². The Morgan fingerprint density at radius 3 is 2.52 bits per heavy atom. The van der Waals surface area contributed by atoms with Gasteiger partial charge in [-0.25, -0.2) is 19.4 Å². The van der Waals surface area contributed by atoms with Crippen LogP contribution < -0.4 is 35.0 Å². The van der Waals surface area contributed by atoms with Crippen molar-refractivity contribution in [2.24, 2.45) is 5.10 Å². The van der Waals surface area contributed by atoms with Crippen molar-refractivity contribution < 1.29 is 42.5 Å². The molecule has 242 valence electrons. The van der Waals surface area contributed by atoms with Crippen LogP contribution in [0.5, 0.6) is 23.0 Å². The number of nitrogens with zero attached hydrogens (tertiary/aromatic N) is 1. The van der Waals surface area contributed by atoms with Gasteiger partial charge in [-0.2, -0.15) is 5.10 Å². The molecular formula is C32H32FIN4O8. The molecule has 0 radical (unpaired) electrons. The maximum atomic E-state index is 14.0. The van der Waals surface area contributed by atoms with Crippen LogP contribution in [-0.2, 0) is 20.9 Å². The highest BCUT2D eigenvalue weighted by Gasteiger charge is 2.32. The van der Waals surface area contributed by atoms with E-state index in [4.69, 9.17) is 23.7 Å². The molecule has 1 aliphatic rings. The van der Waals surface area contributed by atoms with Crippen LogP contribution >= 0.6 is 22.6 Å². The van der Waals surface area contributed by atoms with Gasteiger partial charge in [0.2, 0.25) is 0 Å². The summed E-state index contributed by atoms with van der Waals surface area (Å²) < 4.78 is 42.3. The van der Waals surface area contributed by atoms with E-state index in [0.29, 0.717) is 37.5 Å². The summed E-state index contributed by atoms with van der Waals surface area (Å²) in [5.41, 5.74) is 4.61. The third kappa shape index (κ3) is 8.44. The fourth-order valence-corrected chi connectivity index (χ4v) is 5.26. The summed E-state index contributed by atoms with van der Waals surface area (Å²) in [5, 5.41) is 9.31. The van der Waals surface area contributed by atoms with Crippen LogP contribution in [-0.4, -0.2) is 51.6 Å². The lowest BCUT2D eigenvalue weighted by Gasteiger charge is -2.28. The minimum Gasteiger partial charge on any atom is -0.493 e. The molecule has 0 saturated carbocycles. The summed E-state index contributed by atoms with van der Waals surface area (Å²) in [7, 11) is 2.91. The molecule has 12 nitrogen and oxygen atoms in total. The number of hydrazone groups is 1. The van der Waals surface area contributed by atoms with E-state index in [-0.39, 0.29) is 42.7 Å². The number of carbonyl (C=O) groups is 3. The molecule has 0 spiro atoms. The average Bonchev–Trinajstić information content (AvgIpc) is 3.03. The van der Waals surface area contributed by atoms with Gasteiger partial charge in [0.1, 0.15) is 12.4 Å². The first-order valence-corrected chi connectivity index (χ1v) is 15.0. The Bertz CT molecular complexity index is 1680. The Balaban J connectivity index is 1.38. The third-order valence-corrected chi connectivity index (χ3v) is 7.43. The van der Waals surface area contributed by atoms with Crippen LogP contribution in [0, 0.1) is 9.39 Å². The van der Waals surface area contributed by atoms with Crippen LogP contribution in [0.1, 0.15) is 36.6 Å². The van der Waals surface area contributed by atoms with Gasteiger partial charge in [-0.05, 0) is 77.9 Å². The fraction of sp³-hybridized carbons (Fsp3) is 0.250. The molecule has 3 aromatic rings. The number of amides is 3. The molecule has 3 aromatic carbocycles. The topological polar surface area (TPSA) is 146 Å². The zero-order chi connectivity index (χ0) is 33.2. The second-order valence-corrected chi connectivity index (χ2v) is 10.9. The summed E-state index contributed by atoms with van der Waals surface area (Å²) in [6.07, 6.45) is 1.43. The quantitative estimate of drug-likeness (QED) is 0.0985. The number of nitrogens with one attached hydrogen (secondary N) is 3. The molecule has 46 heavy (non-hydrogen) atoms. The van der Waals surface area contributed by atoms with Crippen LogP contribution in [0.3, 0.4) is 0 Å². The molecule has 4 rings (SSSR count). The van der Waals surface area contributed by atoms with Crippen LogP contribution in [0.25, 0.3) is 0 Å². The average molecular weight is 747 g/mol. The Morgan fingerprint density at radius 1 is 1.04 bits per heavy atom. The summed E-state index contributed by atoms with van der Waals surface area (Å²) in [6, 6.07) is 13.4. The van der Waals surface area contributed by atoms with Crippen molar-refractivity contribution in [3.8, 4) is 23.0 Å². The molecule has 1 aliphatic heterocycles. The van der Waals surface area contributed by atoms with E-state index in [2.05, 4.69) is 43.8 Å². The van der Waals surface area contributed by atoms with E-state index in [1.54, 1.807) is 62.4 Å². The van der Waals surface area contributed by atoms with E-state index < -0.39 is 23.9 Å². The molecular weight excluding hydrogens is 714 g/mol. The largest absolute Gasteiger partial charge is 0.493 e. The fourth-order valence-electron chi connectivity index (χ4n) is 4.48. The van der Waals surface area contributed by atoms with Gasteiger partial charge in [0.25, 0.3) is 5.91 Å². The Morgan fingerprint density at radius 2 is 1.80 bits per heavy atom. The first kappa shape index (κ1) is 34.0. The van der Waals surface area contributed by atoms with Gasteiger partial charge < -0.3 is 34.3 Å². The number of carbonyl (C=O) groups excluding carboxylic acids is 3. The Kier molecular flexibility index (Phi) is 11.8. The van der Waals surface area contributed by atoms with Gasteiger partial charge in [0.05, 0.1) is 42.2 Å². The highest BCUT2D eigenvalue weighted by molar-refractivity contribution is 14.1. The summed E-state index contributed by atoms with van der Waals surface area (Å²) in [6.45, 7) is 3.12. The normalized spacial score (nSPS) is 14.3. The smallest absolute Gasteiger partial charge is 0.338 e. The van der Waals surface area contributed by atoms with E-state index >= 15 is 0 Å². The van der Waals surface area contributed by atoms with E-state index in [0.717, 1.165) is 0 Å². The predicted molar refractivity (Wildman–Crippen MR) is 174 cm³/mol. The van der Waals surface area contributed by atoms with Crippen molar-refractivity contribution >= 4 is 46.7 Å². The molecule has 3 amide bonds. The number of allylic oxidation sites excluding steroid dienone is 1. The van der Waals surface area contributed by atoms with Crippen molar-refractivity contribution in [1.82, 2.24) is 16.1 Å². The molecule has 3 N–H and O–H groups in total. The van der Waals surface area contributed by atoms with Crippen molar-refractivity contribution in [1.29, 1.82) is 0 Å². The number of urea groups is 1. The standard InChI is InChI=1S/C32H32FIN4O8/c1-5-44-31(40)28-18(2)36-32(41)37-29(28)20-10-11-24(25(14-20)42-3)45-17-27(39)38-35-15-19-12-23(34)30(26(13-19)43-4)46-16-21-8-6-7-9-22(21)33/h6-15,29H,5,16-17H2,1-4H3,(H,38,39)(H2,36,37,41)/b35-15-/t29-/m1/s1. The third-order valence-electron chi connectivity index (χ3n) is 6.63. The summed E-state index contributed by atoms with van der Waals surface area (Å²) in [5.74, 6) is -0.0602. The van der Waals surface area contributed by atoms with Crippen molar-refractivity contribution in [3.05, 3.63) is 91.9 Å². The maximum Gasteiger partial charge on any atom is 0.338 e. The zero-order valence-corrected chi connectivity index (χ0v) is 27.6. The van der Waals surface area contributed by atoms with Crippen molar-refractivity contribution in [2.75, 3.05) is 27.4 Å². The minimum atomic E-state index is -0.789. The minimum absolute atomic E-state index is 0.0238. The summed E-state index contributed by atoms with van der Waals surface area (Å²) in [4.78, 5) is 37.3. The second kappa shape index (κ2) is 15.9. The molecule has 1 atom stereocenters.